The zero-order valence-corrected chi connectivity index (χ0v) is 13.4. The lowest BCUT2D eigenvalue weighted by molar-refractivity contribution is 0.222. The van der Waals surface area contributed by atoms with Gasteiger partial charge in [-0.1, -0.05) is 0 Å². The monoisotopic (exact) mass is 288 g/mol. The maximum absolute atomic E-state index is 4.48. The molecule has 0 aromatic carbocycles. The van der Waals surface area contributed by atoms with Crippen molar-refractivity contribution in [3.05, 3.63) is 24.0 Å². The molecule has 3 rings (SSSR count). The predicted octanol–water partition coefficient (Wildman–Crippen LogP) is 2.11. The molecule has 2 fully saturated rings. The van der Waals surface area contributed by atoms with E-state index in [0.717, 1.165) is 30.7 Å². The number of aromatic nitrogens is 1. The summed E-state index contributed by atoms with van der Waals surface area (Å²) in [4.78, 5) is 9.32. The summed E-state index contributed by atoms with van der Waals surface area (Å²) in [5, 5.41) is 3.54. The number of nitrogens with one attached hydrogen (secondary N) is 1. The average Bonchev–Trinajstić information content (AvgIpc) is 3.32. The number of hydrogen-bond donors (Lipinski definition) is 1. The first kappa shape index (κ1) is 14.8. The Morgan fingerprint density at radius 1 is 1.29 bits per heavy atom. The van der Waals surface area contributed by atoms with Crippen LogP contribution in [-0.2, 0) is 6.54 Å². The molecule has 0 spiro atoms. The Hall–Kier alpha value is -1.13. The number of likely N-dealkylation sites (tertiary alicyclic amines) is 1. The van der Waals surface area contributed by atoms with E-state index < -0.39 is 0 Å². The van der Waals surface area contributed by atoms with Crippen LogP contribution in [0.15, 0.2) is 18.3 Å². The Labute approximate surface area is 128 Å². The SMILES string of the molecule is CN1CCC(CN(C)c2ccnc(CNC3CC3)c2)CC1. The van der Waals surface area contributed by atoms with Crippen LogP contribution in [0, 0.1) is 5.92 Å². The number of anilines is 1. The number of hydrogen-bond acceptors (Lipinski definition) is 4. The summed E-state index contributed by atoms with van der Waals surface area (Å²) in [6, 6.07) is 5.12. The first-order chi connectivity index (χ1) is 10.2. The lowest BCUT2D eigenvalue weighted by Gasteiger charge is -2.32. The van der Waals surface area contributed by atoms with Crippen molar-refractivity contribution in [3.8, 4) is 0 Å². The van der Waals surface area contributed by atoms with Gasteiger partial charge in [0.25, 0.3) is 0 Å². The minimum atomic E-state index is 0.743. The fraction of sp³-hybridized carbons (Fsp3) is 0.706. The zero-order chi connectivity index (χ0) is 14.7. The van der Waals surface area contributed by atoms with Crippen LogP contribution in [-0.4, -0.2) is 49.7 Å². The Bertz CT molecular complexity index is 450. The van der Waals surface area contributed by atoms with Crippen molar-refractivity contribution in [2.24, 2.45) is 5.92 Å². The van der Waals surface area contributed by atoms with E-state index in [-0.39, 0.29) is 0 Å². The Morgan fingerprint density at radius 2 is 2.05 bits per heavy atom. The molecule has 2 heterocycles. The molecular formula is C17H28N4. The van der Waals surface area contributed by atoms with Crippen molar-refractivity contribution >= 4 is 5.69 Å². The van der Waals surface area contributed by atoms with Crippen LogP contribution in [0.1, 0.15) is 31.4 Å². The average molecular weight is 288 g/mol. The topological polar surface area (TPSA) is 31.4 Å². The first-order valence-electron chi connectivity index (χ1n) is 8.28. The van der Waals surface area contributed by atoms with E-state index in [9.17, 15) is 0 Å². The standard InChI is InChI=1S/C17H28N4/c1-20-9-6-14(7-10-20)13-21(2)17-5-8-18-16(11-17)12-19-15-3-4-15/h5,8,11,14-15,19H,3-4,6-7,9-10,12-13H2,1-2H3. The van der Waals surface area contributed by atoms with E-state index >= 15 is 0 Å². The number of rotatable bonds is 6. The van der Waals surface area contributed by atoms with E-state index in [0.29, 0.717) is 0 Å². The molecule has 1 saturated heterocycles. The number of pyridine rings is 1. The van der Waals surface area contributed by atoms with E-state index in [1.807, 2.05) is 6.20 Å². The summed E-state index contributed by atoms with van der Waals surface area (Å²) >= 11 is 0. The van der Waals surface area contributed by atoms with Gasteiger partial charge in [-0.05, 0) is 63.9 Å². The normalized spacial score (nSPS) is 20.7. The second-order valence-electron chi connectivity index (χ2n) is 6.79. The molecule has 1 aliphatic carbocycles. The molecule has 2 aliphatic rings. The second-order valence-corrected chi connectivity index (χ2v) is 6.79. The van der Waals surface area contributed by atoms with E-state index in [1.54, 1.807) is 0 Å². The van der Waals surface area contributed by atoms with E-state index in [1.165, 1.54) is 44.5 Å². The predicted molar refractivity (Wildman–Crippen MR) is 87.6 cm³/mol. The van der Waals surface area contributed by atoms with Gasteiger partial charge in [-0.2, -0.15) is 0 Å². The molecule has 4 heteroatoms. The maximum atomic E-state index is 4.48. The van der Waals surface area contributed by atoms with Gasteiger partial charge in [0.1, 0.15) is 0 Å². The van der Waals surface area contributed by atoms with Crippen molar-refractivity contribution in [1.82, 2.24) is 15.2 Å². The molecule has 1 aliphatic heterocycles. The van der Waals surface area contributed by atoms with Gasteiger partial charge in [0.2, 0.25) is 0 Å². The third kappa shape index (κ3) is 4.42. The van der Waals surface area contributed by atoms with Crippen molar-refractivity contribution < 1.29 is 0 Å². The Morgan fingerprint density at radius 3 is 2.76 bits per heavy atom. The van der Waals surface area contributed by atoms with Gasteiger partial charge in [0, 0.05) is 38.1 Å². The second kappa shape index (κ2) is 6.75. The van der Waals surface area contributed by atoms with E-state index in [4.69, 9.17) is 0 Å². The summed E-state index contributed by atoms with van der Waals surface area (Å²) in [5.41, 5.74) is 2.46. The Kier molecular flexibility index (Phi) is 4.76. The smallest absolute Gasteiger partial charge is 0.0562 e. The van der Waals surface area contributed by atoms with E-state index in [2.05, 4.69) is 46.3 Å². The fourth-order valence-electron chi connectivity index (χ4n) is 3.07. The molecule has 0 bridgehead atoms. The summed E-state index contributed by atoms with van der Waals surface area (Å²) in [5.74, 6) is 0.826. The van der Waals surface area contributed by atoms with Crippen LogP contribution in [0.5, 0.6) is 0 Å². The molecule has 21 heavy (non-hydrogen) atoms. The van der Waals surface area contributed by atoms with Crippen LogP contribution in [0.3, 0.4) is 0 Å². The molecule has 0 atom stereocenters. The minimum absolute atomic E-state index is 0.743. The minimum Gasteiger partial charge on any atom is -0.374 e. The highest BCUT2D eigenvalue weighted by atomic mass is 15.1. The largest absolute Gasteiger partial charge is 0.374 e. The van der Waals surface area contributed by atoms with Crippen LogP contribution in [0.25, 0.3) is 0 Å². The van der Waals surface area contributed by atoms with Crippen molar-refractivity contribution in [2.45, 2.75) is 38.3 Å². The summed E-state index contributed by atoms with van der Waals surface area (Å²) in [6.45, 7) is 4.55. The van der Waals surface area contributed by atoms with Crippen molar-refractivity contribution in [3.63, 3.8) is 0 Å². The van der Waals surface area contributed by atoms with Crippen LogP contribution in [0.4, 0.5) is 5.69 Å². The van der Waals surface area contributed by atoms with Gasteiger partial charge in [0.15, 0.2) is 0 Å². The zero-order valence-electron chi connectivity index (χ0n) is 13.4. The lowest BCUT2D eigenvalue weighted by atomic mass is 9.96. The van der Waals surface area contributed by atoms with Gasteiger partial charge in [-0.25, -0.2) is 0 Å². The fourth-order valence-corrected chi connectivity index (χ4v) is 3.07. The molecule has 1 N–H and O–H groups in total. The Balaban J connectivity index is 1.53. The summed E-state index contributed by atoms with van der Waals surface area (Å²) in [7, 11) is 4.44. The third-order valence-electron chi connectivity index (χ3n) is 4.76. The lowest BCUT2D eigenvalue weighted by Crippen LogP contribution is -2.35. The maximum Gasteiger partial charge on any atom is 0.0562 e. The number of nitrogens with zero attached hydrogens (tertiary/aromatic N) is 3. The molecule has 4 nitrogen and oxygen atoms in total. The highest BCUT2D eigenvalue weighted by molar-refractivity contribution is 5.45. The molecule has 1 saturated carbocycles. The first-order valence-corrected chi connectivity index (χ1v) is 8.28. The van der Waals surface area contributed by atoms with Crippen LogP contribution >= 0.6 is 0 Å². The van der Waals surface area contributed by atoms with Gasteiger partial charge in [0.05, 0.1) is 5.69 Å². The quantitative estimate of drug-likeness (QED) is 0.869. The molecule has 1 aromatic heterocycles. The highest BCUT2D eigenvalue weighted by Gasteiger charge is 2.21. The van der Waals surface area contributed by atoms with Gasteiger partial charge in [-0.15, -0.1) is 0 Å². The molecule has 1 aromatic rings. The highest BCUT2D eigenvalue weighted by Crippen LogP contribution is 2.22. The molecule has 0 unspecified atom stereocenters. The number of piperidine rings is 1. The van der Waals surface area contributed by atoms with Crippen LogP contribution < -0.4 is 10.2 Å². The summed E-state index contributed by atoms with van der Waals surface area (Å²) < 4.78 is 0. The molecule has 0 amide bonds. The van der Waals surface area contributed by atoms with Gasteiger partial charge >= 0.3 is 0 Å². The van der Waals surface area contributed by atoms with Crippen LogP contribution in [0.2, 0.25) is 0 Å². The summed E-state index contributed by atoms with van der Waals surface area (Å²) in [6.07, 6.45) is 7.25. The van der Waals surface area contributed by atoms with Gasteiger partial charge in [-0.3, -0.25) is 4.98 Å². The van der Waals surface area contributed by atoms with Crippen molar-refractivity contribution in [2.75, 3.05) is 38.6 Å². The van der Waals surface area contributed by atoms with Crippen molar-refractivity contribution in [1.29, 1.82) is 0 Å². The molecule has 0 radical (unpaired) electrons. The molecule has 116 valence electrons. The third-order valence-corrected chi connectivity index (χ3v) is 4.76. The molecular weight excluding hydrogens is 260 g/mol. The van der Waals surface area contributed by atoms with Gasteiger partial charge < -0.3 is 15.1 Å².